The zero-order chi connectivity index (χ0) is 35.1. The van der Waals surface area contributed by atoms with Crippen molar-refractivity contribution < 1.29 is 28.8 Å². The van der Waals surface area contributed by atoms with Crippen LogP contribution >= 0.6 is 0 Å². The van der Waals surface area contributed by atoms with Gasteiger partial charge in [0.15, 0.2) is 12.1 Å². The molecule has 3 aromatic carbocycles. The van der Waals surface area contributed by atoms with Crippen LogP contribution in [0.5, 0.6) is 0 Å². The third kappa shape index (κ3) is 7.28. The summed E-state index contributed by atoms with van der Waals surface area (Å²) in [7, 11) is 0. The molecule has 3 aliphatic heterocycles. The van der Waals surface area contributed by atoms with Crippen LogP contribution in [0, 0.1) is 17.8 Å². The van der Waals surface area contributed by atoms with E-state index >= 15 is 0 Å². The molecule has 3 atom stereocenters. The normalized spacial score (nSPS) is 32.2. The molecule has 9 nitrogen and oxygen atoms in total. The van der Waals surface area contributed by atoms with E-state index in [1.165, 1.54) is 19.3 Å². The monoisotopic (exact) mass is 707 g/mol. The van der Waals surface area contributed by atoms with E-state index in [1.807, 2.05) is 18.2 Å². The van der Waals surface area contributed by atoms with Crippen LogP contribution in [-0.2, 0) is 32.1 Å². The fourth-order valence-corrected chi connectivity index (χ4v) is 10.7. The van der Waals surface area contributed by atoms with E-state index in [1.54, 1.807) is 0 Å². The number of hydrogen-bond donors (Lipinski definition) is 3. The van der Waals surface area contributed by atoms with Gasteiger partial charge in [-0.3, -0.25) is 0 Å². The molecular weight excluding hydrogens is 654 g/mol. The predicted octanol–water partition coefficient (Wildman–Crippen LogP) is 7.00. The molecule has 4 saturated carbocycles. The number of aliphatic hydroxyl groups is 1. The lowest BCUT2D eigenvalue weighted by molar-refractivity contribution is -0.255. The lowest BCUT2D eigenvalue weighted by atomic mass is 9.53. The summed E-state index contributed by atoms with van der Waals surface area (Å²) < 4.78 is 25.3. The van der Waals surface area contributed by atoms with Crippen LogP contribution in [0.25, 0.3) is 11.1 Å². The summed E-state index contributed by atoms with van der Waals surface area (Å²) in [6.45, 7) is 4.49. The first kappa shape index (κ1) is 34.5. The van der Waals surface area contributed by atoms with E-state index < -0.39 is 12.1 Å². The summed E-state index contributed by atoms with van der Waals surface area (Å²) in [4.78, 5) is 15.7. The largest absolute Gasteiger partial charge is 0.392 e. The molecule has 3 saturated heterocycles. The summed E-state index contributed by atoms with van der Waals surface area (Å²) in [5.41, 5.74) is 6.22. The highest BCUT2D eigenvalue weighted by atomic mass is 16.7. The third-order valence-electron chi connectivity index (χ3n) is 12.9. The summed E-state index contributed by atoms with van der Waals surface area (Å²) >= 11 is 0. The number of nitrogens with zero attached hydrogens (tertiary/aromatic N) is 1. The minimum atomic E-state index is -0.516. The number of aliphatic hydroxyl groups excluding tert-OH is 1. The van der Waals surface area contributed by atoms with Gasteiger partial charge < -0.3 is 39.6 Å². The number of benzene rings is 3. The second-order valence-electron chi connectivity index (χ2n) is 16.5. The minimum Gasteiger partial charge on any atom is -0.392 e. The van der Waals surface area contributed by atoms with Gasteiger partial charge in [0.05, 0.1) is 32.0 Å². The Labute approximate surface area is 307 Å². The molecular formula is C43H53N3O6. The van der Waals surface area contributed by atoms with Crippen molar-refractivity contribution >= 4 is 6.03 Å². The Morgan fingerprint density at radius 2 is 1.44 bits per heavy atom. The van der Waals surface area contributed by atoms with Gasteiger partial charge in [-0.2, -0.15) is 0 Å². The van der Waals surface area contributed by atoms with E-state index in [4.69, 9.17) is 18.9 Å². The van der Waals surface area contributed by atoms with Crippen molar-refractivity contribution in [2.45, 2.75) is 101 Å². The highest BCUT2D eigenvalue weighted by molar-refractivity contribution is 5.76. The fraction of sp³-hybridized carbons (Fsp3) is 0.558. The first-order valence-electron chi connectivity index (χ1n) is 19.7. The molecule has 4 aliphatic carbocycles. The Bertz CT molecular complexity index is 1660. The molecule has 9 heteroatoms. The summed E-state index contributed by atoms with van der Waals surface area (Å²) in [6.07, 6.45) is 9.34. The zero-order valence-corrected chi connectivity index (χ0v) is 30.1. The fourth-order valence-electron chi connectivity index (χ4n) is 10.7. The van der Waals surface area contributed by atoms with Crippen LogP contribution in [0.3, 0.4) is 0 Å². The van der Waals surface area contributed by atoms with E-state index in [9.17, 15) is 9.90 Å². The van der Waals surface area contributed by atoms with Crippen molar-refractivity contribution in [2.75, 3.05) is 32.8 Å². The topological polar surface area (TPSA) is 102 Å². The molecule has 0 radical (unpaired) electrons. The second kappa shape index (κ2) is 14.5. The van der Waals surface area contributed by atoms with Crippen LogP contribution in [0.2, 0.25) is 0 Å². The first-order valence-corrected chi connectivity index (χ1v) is 19.7. The highest BCUT2D eigenvalue weighted by Gasteiger charge is 2.51. The van der Waals surface area contributed by atoms with Gasteiger partial charge in [0, 0.05) is 56.5 Å². The zero-order valence-electron chi connectivity index (χ0n) is 30.1. The Morgan fingerprint density at radius 1 is 0.788 bits per heavy atom. The Hall–Kier alpha value is -3.31. The highest BCUT2D eigenvalue weighted by Crippen LogP contribution is 2.55. The van der Waals surface area contributed by atoms with Crippen LogP contribution in [0.4, 0.5) is 4.79 Å². The van der Waals surface area contributed by atoms with Crippen molar-refractivity contribution in [1.29, 1.82) is 0 Å². The molecule has 2 amide bonds. The molecule has 4 bridgehead atoms. The molecule has 276 valence electrons. The van der Waals surface area contributed by atoms with Gasteiger partial charge in [0.1, 0.15) is 0 Å². The quantitative estimate of drug-likeness (QED) is 0.220. The van der Waals surface area contributed by atoms with Crippen molar-refractivity contribution in [3.05, 3.63) is 95.1 Å². The van der Waals surface area contributed by atoms with Crippen LogP contribution in [0.15, 0.2) is 72.8 Å². The summed E-state index contributed by atoms with van der Waals surface area (Å²) in [5, 5.41) is 16.3. The molecule has 7 fully saturated rings. The number of piperidine rings is 1. The molecule has 0 aromatic heterocycles. The number of likely N-dealkylation sites (tertiary alicyclic amines) is 1. The SMILES string of the molecule is O=C(NCc1ccccc1-c1ccc([C@H]2O[C@@H](CN3CCC4(CC3)OCCO4)C[C@@H](c3ccc(CO)cc3)O2)cc1)NC12CC3CC(CC(C3)C1)C2. The van der Waals surface area contributed by atoms with Gasteiger partial charge in [0.25, 0.3) is 0 Å². The average molecular weight is 708 g/mol. The number of amides is 2. The maximum Gasteiger partial charge on any atom is 0.315 e. The van der Waals surface area contributed by atoms with Gasteiger partial charge >= 0.3 is 6.03 Å². The molecule has 3 N–H and O–H groups in total. The molecule has 10 rings (SSSR count). The summed E-state index contributed by atoms with van der Waals surface area (Å²) in [5.74, 6) is 1.98. The van der Waals surface area contributed by atoms with Crippen molar-refractivity contribution in [3.63, 3.8) is 0 Å². The lowest BCUT2D eigenvalue weighted by Crippen LogP contribution is -2.61. The maximum atomic E-state index is 13.3. The smallest absolute Gasteiger partial charge is 0.315 e. The number of rotatable bonds is 9. The number of carbonyl (C=O) groups is 1. The van der Waals surface area contributed by atoms with Crippen LogP contribution < -0.4 is 10.6 Å². The van der Waals surface area contributed by atoms with Gasteiger partial charge in [-0.1, -0.05) is 72.8 Å². The molecule has 7 aliphatic rings. The van der Waals surface area contributed by atoms with Gasteiger partial charge in [-0.25, -0.2) is 4.79 Å². The molecule has 3 heterocycles. The second-order valence-corrected chi connectivity index (χ2v) is 16.5. The van der Waals surface area contributed by atoms with Crippen molar-refractivity contribution in [3.8, 4) is 11.1 Å². The van der Waals surface area contributed by atoms with E-state index in [2.05, 4.69) is 70.1 Å². The number of carbonyl (C=O) groups excluding carboxylic acids is 1. The van der Waals surface area contributed by atoms with E-state index in [0.717, 1.165) is 109 Å². The number of urea groups is 1. The Balaban J connectivity index is 0.871. The standard InChI is InChI=1S/C43H53N3O6/c47-28-29-5-7-34(8-6-29)39-22-37(27-46-15-13-43(14-16-46)49-17-18-50-43)51-40(52-39)35-11-9-33(10-12-35)38-4-2-1-3-36(38)26-44-41(48)45-42-23-30-19-31(24-42)21-32(20-30)25-42/h1-12,30-32,37,39-40,47H,13-28H2,(H2,44,45,48)/t30?,31?,32?,37-,39+,40+,42?/m1/s1. The van der Waals surface area contributed by atoms with Gasteiger partial charge in [0.2, 0.25) is 0 Å². The van der Waals surface area contributed by atoms with Crippen LogP contribution in [0.1, 0.15) is 92.4 Å². The van der Waals surface area contributed by atoms with E-state index in [0.29, 0.717) is 19.8 Å². The van der Waals surface area contributed by atoms with Crippen molar-refractivity contribution in [2.24, 2.45) is 17.8 Å². The predicted molar refractivity (Wildman–Crippen MR) is 197 cm³/mol. The number of nitrogens with one attached hydrogen (secondary N) is 2. The minimum absolute atomic E-state index is 0.00562. The lowest BCUT2D eigenvalue weighted by Gasteiger charge is -2.56. The number of hydrogen-bond acceptors (Lipinski definition) is 7. The first-order chi connectivity index (χ1) is 25.4. The van der Waals surface area contributed by atoms with E-state index in [-0.39, 0.29) is 30.4 Å². The number of ether oxygens (including phenoxy) is 4. The van der Waals surface area contributed by atoms with Crippen molar-refractivity contribution in [1.82, 2.24) is 15.5 Å². The summed E-state index contributed by atoms with van der Waals surface area (Å²) in [6, 6.07) is 24.8. The Kier molecular flexibility index (Phi) is 9.60. The van der Waals surface area contributed by atoms with Gasteiger partial charge in [-0.15, -0.1) is 0 Å². The molecule has 3 aromatic rings. The van der Waals surface area contributed by atoms with Gasteiger partial charge in [-0.05, 0) is 84.1 Å². The maximum absolute atomic E-state index is 13.3. The molecule has 1 spiro atoms. The average Bonchev–Trinajstić information content (AvgIpc) is 3.62. The molecule has 0 unspecified atom stereocenters. The Morgan fingerprint density at radius 3 is 2.12 bits per heavy atom. The third-order valence-corrected chi connectivity index (χ3v) is 12.9. The van der Waals surface area contributed by atoms with Crippen LogP contribution in [-0.4, -0.2) is 66.3 Å². The molecule has 52 heavy (non-hydrogen) atoms.